The van der Waals surface area contributed by atoms with Gasteiger partial charge in [0, 0.05) is 6.54 Å². The van der Waals surface area contributed by atoms with Crippen LogP contribution in [0.1, 0.15) is 31.4 Å². The van der Waals surface area contributed by atoms with Gasteiger partial charge in [-0.15, -0.1) is 24.0 Å². The second-order valence-corrected chi connectivity index (χ2v) is 4.90. The van der Waals surface area contributed by atoms with Crippen molar-refractivity contribution in [1.29, 1.82) is 0 Å². The highest BCUT2D eigenvalue weighted by molar-refractivity contribution is 14.0. The molecule has 0 fully saturated rings. The standard InChI is InChI=1S/C15H26N4.HI/c1-4-5-11-17-15(16)18-12-14(19(2)3)13-9-7-6-8-10-13;/h6-10,14H,4-5,11-12H2,1-3H3,(H3,16,17,18);1H. The molecular weight excluding hydrogens is 363 g/mol. The maximum absolute atomic E-state index is 5.86. The zero-order chi connectivity index (χ0) is 14.1. The number of halogens is 1. The van der Waals surface area contributed by atoms with Gasteiger partial charge >= 0.3 is 0 Å². The summed E-state index contributed by atoms with van der Waals surface area (Å²) < 4.78 is 0. The Morgan fingerprint density at radius 1 is 1.30 bits per heavy atom. The van der Waals surface area contributed by atoms with E-state index in [4.69, 9.17) is 5.73 Å². The number of unbranched alkanes of at least 4 members (excludes halogenated alkanes) is 1. The molecule has 0 aliphatic rings. The first kappa shape index (κ1) is 19.2. The molecule has 0 aromatic heterocycles. The highest BCUT2D eigenvalue weighted by Crippen LogP contribution is 2.17. The number of hydrogen-bond acceptors (Lipinski definition) is 2. The fourth-order valence-electron chi connectivity index (χ4n) is 1.88. The van der Waals surface area contributed by atoms with Crippen LogP contribution in [0.4, 0.5) is 0 Å². The SMILES string of the molecule is CCCCNC(N)=NCC(c1ccccc1)N(C)C.I. The van der Waals surface area contributed by atoms with Gasteiger partial charge in [0.2, 0.25) is 0 Å². The van der Waals surface area contributed by atoms with E-state index in [-0.39, 0.29) is 30.0 Å². The first-order valence-corrected chi connectivity index (χ1v) is 6.90. The molecule has 0 heterocycles. The normalized spacial score (nSPS) is 12.9. The van der Waals surface area contributed by atoms with E-state index in [1.807, 2.05) is 6.07 Å². The molecule has 0 aliphatic carbocycles. The maximum Gasteiger partial charge on any atom is 0.188 e. The third-order valence-electron chi connectivity index (χ3n) is 3.08. The lowest BCUT2D eigenvalue weighted by Crippen LogP contribution is -2.33. The van der Waals surface area contributed by atoms with Gasteiger partial charge < -0.3 is 16.0 Å². The molecule has 1 aromatic rings. The highest BCUT2D eigenvalue weighted by atomic mass is 127. The van der Waals surface area contributed by atoms with Crippen LogP contribution in [0.3, 0.4) is 0 Å². The summed E-state index contributed by atoms with van der Waals surface area (Å²) >= 11 is 0. The van der Waals surface area contributed by atoms with Gasteiger partial charge in [0.15, 0.2) is 5.96 Å². The molecule has 20 heavy (non-hydrogen) atoms. The summed E-state index contributed by atoms with van der Waals surface area (Å²) in [5, 5.41) is 3.14. The number of hydrogen-bond donors (Lipinski definition) is 2. The van der Waals surface area contributed by atoms with E-state index >= 15 is 0 Å². The summed E-state index contributed by atoms with van der Waals surface area (Å²) in [6, 6.07) is 10.6. The molecule has 5 heteroatoms. The number of benzene rings is 1. The van der Waals surface area contributed by atoms with Crippen LogP contribution in [0, 0.1) is 0 Å². The molecule has 0 radical (unpaired) electrons. The van der Waals surface area contributed by atoms with E-state index in [9.17, 15) is 0 Å². The van der Waals surface area contributed by atoms with E-state index in [0.717, 1.165) is 19.4 Å². The van der Waals surface area contributed by atoms with Gasteiger partial charge in [-0.05, 0) is 26.1 Å². The summed E-state index contributed by atoms with van der Waals surface area (Å²) in [6.45, 7) is 3.72. The van der Waals surface area contributed by atoms with Crippen LogP contribution in [0.15, 0.2) is 35.3 Å². The molecule has 0 spiro atoms. The number of guanidine groups is 1. The molecule has 0 saturated heterocycles. The zero-order valence-corrected chi connectivity index (χ0v) is 15.0. The Kier molecular flexibility index (Phi) is 10.5. The van der Waals surface area contributed by atoms with Crippen molar-refractivity contribution in [1.82, 2.24) is 10.2 Å². The molecule has 0 aliphatic heterocycles. The van der Waals surface area contributed by atoms with E-state index < -0.39 is 0 Å². The Morgan fingerprint density at radius 2 is 1.95 bits per heavy atom. The minimum absolute atomic E-state index is 0. The quantitative estimate of drug-likeness (QED) is 0.326. The van der Waals surface area contributed by atoms with Crippen LogP contribution < -0.4 is 11.1 Å². The van der Waals surface area contributed by atoms with E-state index in [0.29, 0.717) is 12.5 Å². The molecule has 1 rings (SSSR count). The van der Waals surface area contributed by atoms with Gasteiger partial charge in [-0.25, -0.2) is 0 Å². The number of rotatable bonds is 7. The maximum atomic E-state index is 5.86. The fraction of sp³-hybridized carbons (Fsp3) is 0.533. The van der Waals surface area contributed by atoms with E-state index in [1.54, 1.807) is 0 Å². The topological polar surface area (TPSA) is 53.6 Å². The van der Waals surface area contributed by atoms with Crippen molar-refractivity contribution in [2.45, 2.75) is 25.8 Å². The predicted octanol–water partition coefficient (Wildman–Crippen LogP) is 2.61. The molecule has 1 atom stereocenters. The monoisotopic (exact) mass is 390 g/mol. The third-order valence-corrected chi connectivity index (χ3v) is 3.08. The molecule has 0 saturated carbocycles. The summed E-state index contributed by atoms with van der Waals surface area (Å²) in [4.78, 5) is 6.60. The van der Waals surface area contributed by atoms with Crippen LogP contribution in [-0.2, 0) is 0 Å². The predicted molar refractivity (Wildman–Crippen MR) is 97.7 cm³/mol. The highest BCUT2D eigenvalue weighted by Gasteiger charge is 2.12. The number of aliphatic imine (C=N–C) groups is 1. The Balaban J connectivity index is 0.00000361. The minimum Gasteiger partial charge on any atom is -0.370 e. The van der Waals surface area contributed by atoms with E-state index in [1.165, 1.54) is 5.56 Å². The van der Waals surface area contributed by atoms with Crippen LogP contribution >= 0.6 is 24.0 Å². The molecule has 4 nitrogen and oxygen atoms in total. The Bertz CT molecular complexity index is 379. The van der Waals surface area contributed by atoms with Crippen molar-refractivity contribution < 1.29 is 0 Å². The lowest BCUT2D eigenvalue weighted by Gasteiger charge is -2.23. The minimum atomic E-state index is 0. The molecule has 0 amide bonds. The van der Waals surface area contributed by atoms with Crippen molar-refractivity contribution >= 4 is 29.9 Å². The number of likely N-dealkylation sites (N-methyl/N-ethyl adjacent to an activating group) is 1. The number of nitrogens with two attached hydrogens (primary N) is 1. The average molecular weight is 390 g/mol. The van der Waals surface area contributed by atoms with Crippen molar-refractivity contribution in [2.24, 2.45) is 10.7 Å². The fourth-order valence-corrected chi connectivity index (χ4v) is 1.88. The molecule has 3 N–H and O–H groups in total. The van der Waals surface area contributed by atoms with Gasteiger partial charge in [-0.1, -0.05) is 43.7 Å². The first-order chi connectivity index (χ1) is 9.15. The number of nitrogens with zero attached hydrogens (tertiary/aromatic N) is 2. The van der Waals surface area contributed by atoms with Crippen molar-refractivity contribution in [2.75, 3.05) is 27.2 Å². The third kappa shape index (κ3) is 7.09. The Hall–Kier alpha value is -0.820. The van der Waals surface area contributed by atoms with Crippen LogP contribution in [0.2, 0.25) is 0 Å². The van der Waals surface area contributed by atoms with Crippen LogP contribution in [0.25, 0.3) is 0 Å². The smallest absolute Gasteiger partial charge is 0.188 e. The van der Waals surface area contributed by atoms with Crippen molar-refractivity contribution in [3.8, 4) is 0 Å². The van der Waals surface area contributed by atoms with Crippen molar-refractivity contribution in [3.63, 3.8) is 0 Å². The van der Waals surface area contributed by atoms with Gasteiger partial charge in [0.25, 0.3) is 0 Å². The second-order valence-electron chi connectivity index (χ2n) is 4.90. The molecular formula is C15H27IN4. The Labute approximate surface area is 139 Å². The number of nitrogens with one attached hydrogen (secondary N) is 1. The molecule has 1 unspecified atom stereocenters. The lowest BCUT2D eigenvalue weighted by atomic mass is 10.1. The van der Waals surface area contributed by atoms with Crippen LogP contribution in [0.5, 0.6) is 0 Å². The largest absolute Gasteiger partial charge is 0.370 e. The summed E-state index contributed by atoms with van der Waals surface area (Å²) in [5.41, 5.74) is 7.12. The first-order valence-electron chi connectivity index (χ1n) is 6.90. The molecule has 0 bridgehead atoms. The second kappa shape index (κ2) is 10.9. The van der Waals surface area contributed by atoms with Gasteiger partial charge in [0.1, 0.15) is 0 Å². The van der Waals surface area contributed by atoms with E-state index in [2.05, 4.69) is 60.5 Å². The Morgan fingerprint density at radius 3 is 2.50 bits per heavy atom. The average Bonchev–Trinajstić information content (AvgIpc) is 2.40. The zero-order valence-electron chi connectivity index (χ0n) is 12.7. The molecule has 114 valence electrons. The lowest BCUT2D eigenvalue weighted by molar-refractivity contribution is 0.306. The van der Waals surface area contributed by atoms with Crippen LogP contribution in [-0.4, -0.2) is 38.0 Å². The molecule has 1 aromatic carbocycles. The van der Waals surface area contributed by atoms with Gasteiger partial charge in [-0.3, -0.25) is 4.99 Å². The summed E-state index contributed by atoms with van der Waals surface area (Å²) in [5.74, 6) is 0.538. The summed E-state index contributed by atoms with van der Waals surface area (Å²) in [7, 11) is 4.13. The van der Waals surface area contributed by atoms with Gasteiger partial charge in [-0.2, -0.15) is 0 Å². The van der Waals surface area contributed by atoms with Crippen molar-refractivity contribution in [3.05, 3.63) is 35.9 Å². The summed E-state index contributed by atoms with van der Waals surface area (Å²) in [6.07, 6.45) is 2.27. The van der Waals surface area contributed by atoms with Gasteiger partial charge in [0.05, 0.1) is 12.6 Å².